The molecule has 0 aliphatic heterocycles. The fourth-order valence-corrected chi connectivity index (χ4v) is 3.24. The van der Waals surface area contributed by atoms with E-state index >= 15 is 0 Å². The summed E-state index contributed by atoms with van der Waals surface area (Å²) < 4.78 is 41.8. The molecule has 2 amide bonds. The molecular weight excluding hydrogens is 475 g/mol. The second-order valence-corrected chi connectivity index (χ2v) is 7.52. The van der Waals surface area contributed by atoms with Crippen LogP contribution < -0.4 is 0 Å². The zero-order valence-corrected chi connectivity index (χ0v) is 18.6. The first-order chi connectivity index (χ1) is 15.9. The molecule has 0 heterocycles. The fourth-order valence-electron chi connectivity index (χ4n) is 3.12. The highest BCUT2D eigenvalue weighted by Gasteiger charge is 2.41. The third-order valence-electron chi connectivity index (χ3n) is 4.95. The molecule has 2 aromatic rings. The molecular formula is C22H17ClF3N5O3. The average Bonchev–Trinajstić information content (AvgIpc) is 2.79. The van der Waals surface area contributed by atoms with Crippen molar-refractivity contribution in [3.05, 3.63) is 64.2 Å². The number of imide groups is 1. The van der Waals surface area contributed by atoms with E-state index in [4.69, 9.17) is 22.0 Å². The summed E-state index contributed by atoms with van der Waals surface area (Å²) in [6.07, 6.45) is -6.48. The minimum absolute atomic E-state index is 0.258. The number of likely N-dealkylation sites (N-methyl/N-ethyl adjacent to an activating group) is 1. The summed E-state index contributed by atoms with van der Waals surface area (Å²) in [5, 5.41) is 35.3. The number of hydrogen-bond donors (Lipinski definition) is 1. The summed E-state index contributed by atoms with van der Waals surface area (Å²) in [6.45, 7) is 2.43. The molecule has 8 nitrogen and oxygen atoms in total. The van der Waals surface area contributed by atoms with E-state index in [1.165, 1.54) is 44.2 Å². The predicted molar refractivity (Wildman–Crippen MR) is 114 cm³/mol. The zero-order valence-electron chi connectivity index (χ0n) is 17.8. The summed E-state index contributed by atoms with van der Waals surface area (Å²) in [4.78, 5) is 23.6. The van der Waals surface area contributed by atoms with Crippen LogP contribution >= 0.6 is 11.6 Å². The first-order valence-corrected chi connectivity index (χ1v) is 10.0. The first-order valence-electron chi connectivity index (χ1n) is 9.62. The molecule has 0 aliphatic rings. The Morgan fingerprint density at radius 2 is 1.76 bits per heavy atom. The molecule has 0 aliphatic carbocycles. The second-order valence-electron chi connectivity index (χ2n) is 7.08. The minimum Gasteiger partial charge on any atom is -0.465 e. The van der Waals surface area contributed by atoms with E-state index in [1.54, 1.807) is 0 Å². The number of alkyl halides is 3. The number of rotatable bonds is 6. The normalized spacial score (nSPS) is 14.0. The lowest BCUT2D eigenvalue weighted by molar-refractivity contribution is -0.138. The third-order valence-corrected chi connectivity index (χ3v) is 5.20. The molecule has 0 saturated heterocycles. The van der Waals surface area contributed by atoms with E-state index in [-0.39, 0.29) is 23.4 Å². The van der Waals surface area contributed by atoms with Crippen molar-refractivity contribution in [2.24, 2.45) is 10.2 Å². The zero-order chi connectivity index (χ0) is 25.7. The molecule has 0 radical (unpaired) electrons. The van der Waals surface area contributed by atoms with Gasteiger partial charge in [0.15, 0.2) is 0 Å². The highest BCUT2D eigenvalue weighted by atomic mass is 35.5. The maximum absolute atomic E-state index is 13.9. The highest BCUT2D eigenvalue weighted by Crippen LogP contribution is 2.42. The maximum atomic E-state index is 13.9. The van der Waals surface area contributed by atoms with Crippen LogP contribution in [0.25, 0.3) is 0 Å². The number of halogens is 4. The Bertz CT molecular complexity index is 1200. The van der Waals surface area contributed by atoms with Crippen molar-refractivity contribution in [3.8, 4) is 12.1 Å². The lowest BCUT2D eigenvalue weighted by atomic mass is 9.75. The van der Waals surface area contributed by atoms with Crippen LogP contribution in [0.1, 0.15) is 30.5 Å². The Balaban J connectivity index is 2.54. The van der Waals surface area contributed by atoms with Crippen molar-refractivity contribution in [1.29, 1.82) is 10.5 Å². The Morgan fingerprint density at radius 3 is 2.24 bits per heavy atom. The molecule has 0 aromatic heterocycles. The summed E-state index contributed by atoms with van der Waals surface area (Å²) in [6, 6.07) is 10.2. The van der Waals surface area contributed by atoms with E-state index in [1.807, 2.05) is 6.07 Å². The van der Waals surface area contributed by atoms with Crippen LogP contribution in [0.5, 0.6) is 0 Å². The van der Waals surface area contributed by atoms with Crippen LogP contribution in [-0.2, 0) is 16.4 Å². The molecule has 0 bridgehead atoms. The van der Waals surface area contributed by atoms with Gasteiger partial charge in [-0.05, 0) is 49.2 Å². The summed E-state index contributed by atoms with van der Waals surface area (Å²) in [5.41, 5.74) is -3.27. The molecule has 0 saturated carbocycles. The summed E-state index contributed by atoms with van der Waals surface area (Å²) in [7, 11) is 0. The Kier molecular flexibility index (Phi) is 7.98. The van der Waals surface area contributed by atoms with Crippen molar-refractivity contribution in [1.82, 2.24) is 4.90 Å². The van der Waals surface area contributed by atoms with E-state index in [0.29, 0.717) is 16.0 Å². The number of carboxylic acid groups (broad SMARTS) is 1. The monoisotopic (exact) mass is 491 g/mol. The van der Waals surface area contributed by atoms with Crippen LogP contribution in [0.2, 0.25) is 5.02 Å². The van der Waals surface area contributed by atoms with E-state index in [2.05, 4.69) is 10.2 Å². The summed E-state index contributed by atoms with van der Waals surface area (Å²) in [5.74, 6) is -1.19. The summed E-state index contributed by atoms with van der Waals surface area (Å²) >= 11 is 5.85. The topological polar surface area (TPSA) is 130 Å². The van der Waals surface area contributed by atoms with Crippen molar-refractivity contribution in [2.45, 2.75) is 31.5 Å². The first kappa shape index (κ1) is 26.3. The Labute approximate surface area is 197 Å². The van der Waals surface area contributed by atoms with Crippen LogP contribution in [0.15, 0.2) is 52.7 Å². The number of benzene rings is 2. The number of nitriles is 2. The standard InChI is InChI=1S/C22H17ClF3N5O3/c1-3-31(20(33)34)19(32)18(11-27)30-29-15-8-9-16(17(10-15)22(24,25)26)21(2,12-28)13-4-6-14(23)7-5-13/h4-10,18H,3H2,1-2H3,(H,33,34). The number of carbonyl (C=O) groups excluding carboxylic acids is 1. The largest absolute Gasteiger partial charge is 0.465 e. The Morgan fingerprint density at radius 1 is 1.15 bits per heavy atom. The van der Waals surface area contributed by atoms with Gasteiger partial charge in [0.25, 0.3) is 5.91 Å². The maximum Gasteiger partial charge on any atom is 0.416 e. The van der Waals surface area contributed by atoms with Crippen LogP contribution in [-0.4, -0.2) is 34.6 Å². The second kappa shape index (κ2) is 10.3. The molecule has 0 spiro atoms. The van der Waals surface area contributed by atoms with Crippen molar-refractivity contribution < 1.29 is 27.9 Å². The number of amides is 2. The van der Waals surface area contributed by atoms with Gasteiger partial charge in [0.2, 0.25) is 6.04 Å². The van der Waals surface area contributed by atoms with Gasteiger partial charge in [-0.25, -0.2) is 9.69 Å². The molecule has 2 aromatic carbocycles. The number of nitrogens with zero attached hydrogens (tertiary/aromatic N) is 5. The fraction of sp³-hybridized carbons (Fsp3) is 0.273. The van der Waals surface area contributed by atoms with Gasteiger partial charge in [0, 0.05) is 11.6 Å². The van der Waals surface area contributed by atoms with Crippen LogP contribution in [0.3, 0.4) is 0 Å². The minimum atomic E-state index is -4.88. The van der Waals surface area contributed by atoms with E-state index < -0.39 is 35.2 Å². The number of carbonyl (C=O) groups is 2. The van der Waals surface area contributed by atoms with Gasteiger partial charge in [-0.2, -0.15) is 33.9 Å². The smallest absolute Gasteiger partial charge is 0.416 e. The van der Waals surface area contributed by atoms with Gasteiger partial charge in [-0.1, -0.05) is 29.8 Å². The lowest BCUT2D eigenvalue weighted by Gasteiger charge is -2.26. The molecule has 176 valence electrons. The van der Waals surface area contributed by atoms with Crippen molar-refractivity contribution in [2.75, 3.05) is 6.54 Å². The molecule has 2 atom stereocenters. The van der Waals surface area contributed by atoms with Crippen LogP contribution in [0.4, 0.5) is 23.7 Å². The van der Waals surface area contributed by atoms with Gasteiger partial charge < -0.3 is 5.11 Å². The molecule has 0 fully saturated rings. The van der Waals surface area contributed by atoms with Crippen molar-refractivity contribution >= 4 is 29.3 Å². The Hall–Kier alpha value is -3.96. The molecule has 2 rings (SSSR count). The number of hydrogen-bond acceptors (Lipinski definition) is 6. The van der Waals surface area contributed by atoms with E-state index in [9.17, 15) is 28.0 Å². The third kappa shape index (κ3) is 5.50. The molecule has 34 heavy (non-hydrogen) atoms. The van der Waals surface area contributed by atoms with Crippen LogP contribution in [0, 0.1) is 22.7 Å². The molecule has 1 N–H and O–H groups in total. The van der Waals surface area contributed by atoms with E-state index in [0.717, 1.165) is 12.1 Å². The van der Waals surface area contributed by atoms with Gasteiger partial charge in [0.1, 0.15) is 11.5 Å². The quantitative estimate of drug-likeness (QED) is 0.518. The number of azo groups is 1. The SMILES string of the molecule is CCN(C(=O)O)C(=O)C(C#N)N=Nc1ccc(C(C)(C#N)c2ccc(Cl)cc2)c(C(F)(F)F)c1. The van der Waals surface area contributed by atoms with Gasteiger partial charge in [0.05, 0.1) is 17.3 Å². The van der Waals surface area contributed by atoms with Gasteiger partial charge in [-0.15, -0.1) is 0 Å². The lowest BCUT2D eigenvalue weighted by Crippen LogP contribution is -2.41. The van der Waals surface area contributed by atoms with Gasteiger partial charge >= 0.3 is 12.3 Å². The predicted octanol–water partition coefficient (Wildman–Crippen LogP) is 5.69. The molecule has 2 unspecified atom stereocenters. The van der Waals surface area contributed by atoms with Gasteiger partial charge in [-0.3, -0.25) is 4.79 Å². The highest BCUT2D eigenvalue weighted by molar-refractivity contribution is 6.30. The van der Waals surface area contributed by atoms with Crippen molar-refractivity contribution in [3.63, 3.8) is 0 Å². The molecule has 12 heteroatoms. The average molecular weight is 492 g/mol.